The summed E-state index contributed by atoms with van der Waals surface area (Å²) in [6.07, 6.45) is 6.13. The van der Waals surface area contributed by atoms with Crippen molar-refractivity contribution in [1.82, 2.24) is 20.4 Å². The maximum Gasteiger partial charge on any atom is 0.258 e. The molecule has 2 aliphatic rings. The predicted octanol–water partition coefficient (Wildman–Crippen LogP) is 4.57. The fourth-order valence-electron chi connectivity index (χ4n) is 5.29. The summed E-state index contributed by atoms with van der Waals surface area (Å²) in [4.78, 5) is 28.3. The number of nitrogens with one attached hydrogen (secondary N) is 2. The lowest BCUT2D eigenvalue weighted by Crippen LogP contribution is -2.25. The second-order valence-electron chi connectivity index (χ2n) is 9.88. The predicted molar refractivity (Wildman–Crippen MR) is 137 cm³/mol. The van der Waals surface area contributed by atoms with Crippen molar-refractivity contribution < 1.29 is 19.4 Å². The van der Waals surface area contributed by atoms with Gasteiger partial charge in [0, 0.05) is 37.0 Å². The number of aromatic amines is 1. The van der Waals surface area contributed by atoms with Crippen molar-refractivity contribution in [3.8, 4) is 11.5 Å². The van der Waals surface area contributed by atoms with Gasteiger partial charge in [0.2, 0.25) is 0 Å². The van der Waals surface area contributed by atoms with Gasteiger partial charge in [-0.3, -0.25) is 14.7 Å². The molecule has 2 aromatic carbocycles. The van der Waals surface area contributed by atoms with E-state index < -0.39 is 0 Å². The van der Waals surface area contributed by atoms with Crippen LogP contribution in [0.1, 0.15) is 77.4 Å². The van der Waals surface area contributed by atoms with Gasteiger partial charge in [-0.05, 0) is 55.1 Å². The van der Waals surface area contributed by atoms with Crippen LogP contribution in [-0.4, -0.2) is 51.6 Å². The number of H-pyrrole nitrogens is 1. The smallest absolute Gasteiger partial charge is 0.258 e. The Morgan fingerprint density at radius 1 is 1.11 bits per heavy atom. The third kappa shape index (κ3) is 4.95. The molecule has 5 rings (SSSR count). The van der Waals surface area contributed by atoms with E-state index in [1.54, 1.807) is 11.0 Å². The zero-order valence-corrected chi connectivity index (χ0v) is 20.8. The van der Waals surface area contributed by atoms with Crippen molar-refractivity contribution in [1.29, 1.82) is 0 Å². The second-order valence-corrected chi connectivity index (χ2v) is 9.88. The Hall–Kier alpha value is -3.39. The molecule has 0 spiro atoms. The molecule has 0 radical (unpaired) electrons. The number of aromatic hydroxyl groups is 1. The van der Waals surface area contributed by atoms with Crippen LogP contribution < -0.4 is 10.1 Å². The van der Waals surface area contributed by atoms with E-state index in [1.807, 2.05) is 18.2 Å². The number of carbonyl (C=O) groups is 2. The Kier molecular flexibility index (Phi) is 7.23. The van der Waals surface area contributed by atoms with Crippen LogP contribution in [0.15, 0.2) is 30.3 Å². The maximum absolute atomic E-state index is 13.5. The molecule has 190 valence electrons. The summed E-state index contributed by atoms with van der Waals surface area (Å²) < 4.78 is 5.85. The van der Waals surface area contributed by atoms with E-state index in [2.05, 4.69) is 22.4 Å². The summed E-state index contributed by atoms with van der Waals surface area (Å²) in [5, 5.41) is 21.7. The number of ether oxygens (including phenoxy) is 1. The number of phenolic OH excluding ortho intramolecular Hbond substituents is 1. The number of nitrogens with zero attached hydrogens (tertiary/aromatic N) is 2. The molecule has 0 unspecified atom stereocenters. The summed E-state index contributed by atoms with van der Waals surface area (Å²) in [7, 11) is 0. The number of amides is 1. The monoisotopic (exact) mass is 490 g/mol. The highest BCUT2D eigenvalue weighted by Gasteiger charge is 2.29. The van der Waals surface area contributed by atoms with Gasteiger partial charge in [-0.2, -0.15) is 5.10 Å². The molecule has 8 nitrogen and oxygen atoms in total. The first-order valence-corrected chi connectivity index (χ1v) is 13.0. The van der Waals surface area contributed by atoms with Crippen molar-refractivity contribution in [2.75, 3.05) is 19.7 Å². The summed E-state index contributed by atoms with van der Waals surface area (Å²) >= 11 is 0. The van der Waals surface area contributed by atoms with Crippen LogP contribution >= 0.6 is 0 Å². The van der Waals surface area contributed by atoms with Crippen LogP contribution in [0.25, 0.3) is 10.9 Å². The molecule has 1 saturated carbocycles. The molecule has 1 amide bonds. The molecule has 0 atom stereocenters. The van der Waals surface area contributed by atoms with Crippen molar-refractivity contribution in [3.63, 3.8) is 0 Å². The molecule has 8 heteroatoms. The molecule has 1 aliphatic heterocycles. The number of benzene rings is 2. The fraction of sp³-hybridized carbons (Fsp3) is 0.464. The molecule has 1 fully saturated rings. The molecular weight excluding hydrogens is 456 g/mol. The largest absolute Gasteiger partial charge is 0.507 e. The highest BCUT2D eigenvalue weighted by atomic mass is 16.5. The van der Waals surface area contributed by atoms with Gasteiger partial charge < -0.3 is 20.1 Å². The van der Waals surface area contributed by atoms with Crippen LogP contribution in [-0.2, 0) is 13.1 Å². The normalized spacial score (nSPS) is 15.9. The van der Waals surface area contributed by atoms with Crippen molar-refractivity contribution in [2.24, 2.45) is 5.92 Å². The van der Waals surface area contributed by atoms with Crippen molar-refractivity contribution in [3.05, 3.63) is 52.7 Å². The van der Waals surface area contributed by atoms with Crippen molar-refractivity contribution >= 4 is 22.6 Å². The number of fused-ring (bicyclic) bond motifs is 2. The molecule has 0 saturated heterocycles. The quantitative estimate of drug-likeness (QED) is 0.300. The van der Waals surface area contributed by atoms with Gasteiger partial charge in [0.15, 0.2) is 5.78 Å². The Morgan fingerprint density at radius 2 is 1.92 bits per heavy atom. The molecule has 0 bridgehead atoms. The van der Waals surface area contributed by atoms with Gasteiger partial charge in [-0.1, -0.05) is 32.3 Å². The van der Waals surface area contributed by atoms with E-state index in [-0.39, 0.29) is 28.9 Å². The first-order valence-electron chi connectivity index (χ1n) is 13.0. The van der Waals surface area contributed by atoms with Gasteiger partial charge in [-0.15, -0.1) is 0 Å². The van der Waals surface area contributed by atoms with Gasteiger partial charge in [-0.25, -0.2) is 0 Å². The van der Waals surface area contributed by atoms with Gasteiger partial charge in [0.05, 0.1) is 11.1 Å². The van der Waals surface area contributed by atoms with E-state index in [9.17, 15) is 14.7 Å². The number of rotatable bonds is 9. The minimum Gasteiger partial charge on any atom is -0.507 e. The molecule has 2 heterocycles. The second kappa shape index (κ2) is 10.7. The lowest BCUT2D eigenvalue weighted by Gasteiger charge is -2.19. The van der Waals surface area contributed by atoms with Crippen LogP contribution in [0.4, 0.5) is 0 Å². The molecule has 3 N–H and O–H groups in total. The lowest BCUT2D eigenvalue weighted by atomic mass is 9.84. The number of hydrogen-bond donors (Lipinski definition) is 3. The summed E-state index contributed by atoms with van der Waals surface area (Å²) in [5.41, 5.74) is 3.22. The Labute approximate surface area is 211 Å². The van der Waals surface area contributed by atoms with Gasteiger partial charge >= 0.3 is 0 Å². The summed E-state index contributed by atoms with van der Waals surface area (Å²) in [6.45, 7) is 5.38. The molecule has 3 aromatic rings. The average Bonchev–Trinajstić information content (AvgIpc) is 3.51. The third-order valence-corrected chi connectivity index (χ3v) is 7.28. The lowest BCUT2D eigenvalue weighted by molar-refractivity contribution is 0.0748. The number of Topliss-reactive ketones (excluding diaryl/α,β-unsaturated/α-hetero) is 1. The minimum atomic E-state index is -0.269. The zero-order valence-electron chi connectivity index (χ0n) is 20.8. The summed E-state index contributed by atoms with van der Waals surface area (Å²) in [6, 6.07) is 9.03. The topological polar surface area (TPSA) is 108 Å². The van der Waals surface area contributed by atoms with Crippen molar-refractivity contribution in [2.45, 2.75) is 58.5 Å². The van der Waals surface area contributed by atoms with Crippen LogP contribution in [0.2, 0.25) is 0 Å². The number of ketones is 1. The number of phenols is 1. The Balaban J connectivity index is 1.31. The highest BCUT2D eigenvalue weighted by Crippen LogP contribution is 2.33. The average molecular weight is 491 g/mol. The van der Waals surface area contributed by atoms with Crippen LogP contribution in [0.3, 0.4) is 0 Å². The number of aromatic nitrogens is 2. The van der Waals surface area contributed by atoms with E-state index in [4.69, 9.17) is 4.74 Å². The van der Waals surface area contributed by atoms with Crippen LogP contribution in [0, 0.1) is 5.92 Å². The summed E-state index contributed by atoms with van der Waals surface area (Å²) in [5.74, 6) is 0.400. The zero-order chi connectivity index (χ0) is 25.1. The van der Waals surface area contributed by atoms with E-state index in [0.717, 1.165) is 62.1 Å². The minimum absolute atomic E-state index is 0.0230. The first kappa shape index (κ1) is 24.3. The third-order valence-electron chi connectivity index (χ3n) is 7.28. The molecule has 1 aliphatic carbocycles. The molecule has 1 aromatic heterocycles. The first-order chi connectivity index (χ1) is 17.5. The standard InChI is InChI=1S/C28H34N4O4/c1-2-10-29-11-12-36-21-9-8-19-16-32(17-20(19)13-21)28(35)23-14-22-24(15-25(23)33)30-31-26(22)27(34)18-6-4-3-5-7-18/h8-9,13-15,18,29,33H,2-7,10-12,16-17H2,1H3,(H,30,31). The van der Waals surface area contributed by atoms with E-state index in [1.165, 1.54) is 12.5 Å². The number of carbonyl (C=O) groups excluding carboxylic acids is 2. The van der Waals surface area contributed by atoms with Crippen LogP contribution in [0.5, 0.6) is 11.5 Å². The number of hydrogen-bond acceptors (Lipinski definition) is 6. The molecule has 36 heavy (non-hydrogen) atoms. The maximum atomic E-state index is 13.5. The van der Waals surface area contributed by atoms with Gasteiger partial charge in [0.25, 0.3) is 5.91 Å². The highest BCUT2D eigenvalue weighted by molar-refractivity contribution is 6.10. The molecular formula is C28H34N4O4. The van der Waals surface area contributed by atoms with Gasteiger partial charge in [0.1, 0.15) is 23.8 Å². The Morgan fingerprint density at radius 3 is 2.72 bits per heavy atom. The Bertz CT molecular complexity index is 1260. The fourth-order valence-corrected chi connectivity index (χ4v) is 5.29. The van der Waals surface area contributed by atoms with E-state index in [0.29, 0.717) is 36.3 Å². The SMILES string of the molecule is CCCNCCOc1ccc2c(c1)CN(C(=O)c1cc3c(C(=O)C4CCCCC4)n[nH]c3cc1O)C2. The van der Waals surface area contributed by atoms with E-state index >= 15 is 0 Å².